The quantitative estimate of drug-likeness (QED) is 0.207. The van der Waals surface area contributed by atoms with Crippen molar-refractivity contribution in [1.29, 1.82) is 0 Å². The highest BCUT2D eigenvalue weighted by Gasteiger charge is 2.22. The molecule has 8 aromatic carbocycles. The molecule has 1 heterocycles. The molecule has 0 fully saturated rings. The average Bonchev–Trinajstić information content (AvgIpc) is 3.41. The molecule has 0 atom stereocenters. The van der Waals surface area contributed by atoms with Crippen LogP contribution in [0, 0.1) is 0 Å². The monoisotopic (exact) mass is 520 g/mol. The summed E-state index contributed by atoms with van der Waals surface area (Å²) < 4.78 is 6.71. The second-order valence-corrected chi connectivity index (χ2v) is 10.9. The summed E-state index contributed by atoms with van der Waals surface area (Å²) in [5.41, 5.74) is 6.74. The van der Waals surface area contributed by atoms with Crippen molar-refractivity contribution >= 4 is 65.0 Å². The van der Waals surface area contributed by atoms with Gasteiger partial charge in [0.05, 0.1) is 0 Å². The molecule has 9 rings (SSSR count). The van der Waals surface area contributed by atoms with E-state index in [1.807, 2.05) is 6.07 Å². The Kier molecular flexibility index (Phi) is 4.67. The second kappa shape index (κ2) is 8.55. The van der Waals surface area contributed by atoms with E-state index in [0.717, 1.165) is 27.5 Å². The van der Waals surface area contributed by atoms with Gasteiger partial charge < -0.3 is 4.42 Å². The van der Waals surface area contributed by atoms with Crippen LogP contribution in [-0.2, 0) is 0 Å². The minimum absolute atomic E-state index is 0.917. The van der Waals surface area contributed by atoms with Gasteiger partial charge in [-0.1, -0.05) is 127 Å². The lowest BCUT2D eigenvalue weighted by molar-refractivity contribution is 0.670. The average molecular weight is 521 g/mol. The number of para-hydroxylation sites is 1. The zero-order valence-electron chi connectivity index (χ0n) is 22.3. The summed E-state index contributed by atoms with van der Waals surface area (Å²) >= 11 is 0. The molecule has 0 aliphatic rings. The molecule has 1 heteroatoms. The summed E-state index contributed by atoms with van der Waals surface area (Å²) in [5.74, 6) is 0. The molecule has 41 heavy (non-hydrogen) atoms. The maximum absolute atomic E-state index is 6.71. The van der Waals surface area contributed by atoms with Crippen molar-refractivity contribution in [2.45, 2.75) is 0 Å². The standard InChI is InChI=1S/C40H24O/c1-2-12-26-23-28(22-21-25(26)11-1)37-31-16-5-7-18-33(31)38(34-19-8-6-17-32(34)37)39-29-14-4-3-13-27(29)24-35-30-15-9-10-20-36(30)41-40(35)39/h1-24H. The molecule has 0 aliphatic heterocycles. The van der Waals surface area contributed by atoms with E-state index in [1.165, 1.54) is 59.8 Å². The first-order chi connectivity index (χ1) is 20.3. The van der Waals surface area contributed by atoms with Crippen LogP contribution in [-0.4, -0.2) is 0 Å². The summed E-state index contributed by atoms with van der Waals surface area (Å²) in [4.78, 5) is 0. The van der Waals surface area contributed by atoms with Gasteiger partial charge in [-0.15, -0.1) is 0 Å². The van der Waals surface area contributed by atoms with Crippen LogP contribution < -0.4 is 0 Å². The Labute approximate surface area is 236 Å². The first-order valence-corrected chi connectivity index (χ1v) is 14.1. The van der Waals surface area contributed by atoms with Crippen molar-refractivity contribution < 1.29 is 4.42 Å². The molecular weight excluding hydrogens is 496 g/mol. The highest BCUT2D eigenvalue weighted by molar-refractivity contribution is 6.28. The summed E-state index contributed by atoms with van der Waals surface area (Å²) in [5, 5.41) is 12.2. The van der Waals surface area contributed by atoms with E-state index in [2.05, 4.69) is 140 Å². The number of fused-ring (bicyclic) bond motifs is 7. The molecule has 1 aromatic heterocycles. The third kappa shape index (κ3) is 3.24. The van der Waals surface area contributed by atoms with Crippen molar-refractivity contribution in [2.24, 2.45) is 0 Å². The Balaban J connectivity index is 1.50. The van der Waals surface area contributed by atoms with Crippen molar-refractivity contribution in [3.05, 3.63) is 146 Å². The van der Waals surface area contributed by atoms with E-state index >= 15 is 0 Å². The molecule has 0 radical (unpaired) electrons. The molecule has 9 aromatic rings. The van der Waals surface area contributed by atoms with Gasteiger partial charge in [0.25, 0.3) is 0 Å². The molecule has 0 spiro atoms. The fraction of sp³-hybridized carbons (Fsp3) is 0. The Morgan fingerprint density at radius 1 is 0.317 bits per heavy atom. The first-order valence-electron chi connectivity index (χ1n) is 14.1. The Bertz CT molecular complexity index is 2420. The van der Waals surface area contributed by atoms with E-state index in [4.69, 9.17) is 4.42 Å². The Morgan fingerprint density at radius 3 is 1.56 bits per heavy atom. The molecule has 0 aliphatic carbocycles. The lowest BCUT2D eigenvalue weighted by Crippen LogP contribution is -1.92. The van der Waals surface area contributed by atoms with Crippen molar-refractivity contribution in [2.75, 3.05) is 0 Å². The number of hydrogen-bond acceptors (Lipinski definition) is 1. The van der Waals surface area contributed by atoms with E-state index in [1.54, 1.807) is 0 Å². The predicted octanol–water partition coefficient (Wildman–Crippen LogP) is 11.5. The molecule has 190 valence electrons. The number of rotatable bonds is 2. The van der Waals surface area contributed by atoms with Gasteiger partial charge >= 0.3 is 0 Å². The van der Waals surface area contributed by atoms with Crippen LogP contribution in [0.15, 0.2) is 150 Å². The normalized spacial score (nSPS) is 11.9. The summed E-state index contributed by atoms with van der Waals surface area (Å²) in [6.45, 7) is 0. The van der Waals surface area contributed by atoms with Gasteiger partial charge in [0.1, 0.15) is 11.2 Å². The van der Waals surface area contributed by atoms with Gasteiger partial charge in [0.15, 0.2) is 0 Å². The van der Waals surface area contributed by atoms with Crippen LogP contribution in [0.1, 0.15) is 0 Å². The van der Waals surface area contributed by atoms with E-state index in [9.17, 15) is 0 Å². The maximum atomic E-state index is 6.71. The van der Waals surface area contributed by atoms with Crippen molar-refractivity contribution in [3.63, 3.8) is 0 Å². The van der Waals surface area contributed by atoms with Gasteiger partial charge in [-0.05, 0) is 72.4 Å². The molecule has 0 bridgehead atoms. The van der Waals surface area contributed by atoms with Crippen molar-refractivity contribution in [3.8, 4) is 22.3 Å². The first kappa shape index (κ1) is 22.4. The number of benzene rings is 8. The van der Waals surface area contributed by atoms with Gasteiger partial charge in [0.2, 0.25) is 0 Å². The van der Waals surface area contributed by atoms with E-state index in [0.29, 0.717) is 0 Å². The molecular formula is C40H24O. The SMILES string of the molecule is c1ccc2cc(-c3c4ccccc4c(-c4c5ccccc5cc5c4oc4ccccc45)c4ccccc34)ccc2c1. The number of furan rings is 1. The van der Waals surface area contributed by atoms with Crippen LogP contribution in [0.2, 0.25) is 0 Å². The maximum Gasteiger partial charge on any atom is 0.143 e. The van der Waals surface area contributed by atoms with E-state index < -0.39 is 0 Å². The molecule has 0 amide bonds. The van der Waals surface area contributed by atoms with E-state index in [-0.39, 0.29) is 0 Å². The topological polar surface area (TPSA) is 13.1 Å². The molecule has 0 saturated heterocycles. The highest BCUT2D eigenvalue weighted by Crippen LogP contribution is 2.49. The zero-order valence-corrected chi connectivity index (χ0v) is 22.3. The third-order valence-corrected chi connectivity index (χ3v) is 8.61. The van der Waals surface area contributed by atoms with Crippen LogP contribution in [0.25, 0.3) is 87.3 Å². The van der Waals surface area contributed by atoms with Crippen LogP contribution in [0.5, 0.6) is 0 Å². The molecule has 0 N–H and O–H groups in total. The molecule has 0 unspecified atom stereocenters. The lowest BCUT2D eigenvalue weighted by atomic mass is 9.84. The number of hydrogen-bond donors (Lipinski definition) is 0. The zero-order chi connectivity index (χ0) is 26.9. The largest absolute Gasteiger partial charge is 0.455 e. The second-order valence-electron chi connectivity index (χ2n) is 10.9. The predicted molar refractivity (Wildman–Crippen MR) is 175 cm³/mol. The fourth-order valence-corrected chi connectivity index (χ4v) is 6.82. The smallest absolute Gasteiger partial charge is 0.143 e. The van der Waals surface area contributed by atoms with Crippen LogP contribution in [0.3, 0.4) is 0 Å². The molecule has 1 nitrogen and oxygen atoms in total. The highest BCUT2D eigenvalue weighted by atomic mass is 16.3. The fourth-order valence-electron chi connectivity index (χ4n) is 6.82. The minimum Gasteiger partial charge on any atom is -0.455 e. The Hall–Kier alpha value is -5.40. The summed E-state index contributed by atoms with van der Waals surface area (Å²) in [6.07, 6.45) is 0. The van der Waals surface area contributed by atoms with Crippen LogP contribution in [0.4, 0.5) is 0 Å². The van der Waals surface area contributed by atoms with Crippen LogP contribution >= 0.6 is 0 Å². The molecule has 0 saturated carbocycles. The Morgan fingerprint density at radius 2 is 0.854 bits per heavy atom. The van der Waals surface area contributed by atoms with Crippen molar-refractivity contribution in [1.82, 2.24) is 0 Å². The minimum atomic E-state index is 0.917. The van der Waals surface area contributed by atoms with Gasteiger partial charge in [-0.2, -0.15) is 0 Å². The van der Waals surface area contributed by atoms with Gasteiger partial charge in [0, 0.05) is 21.9 Å². The summed E-state index contributed by atoms with van der Waals surface area (Å²) in [6, 6.07) is 52.5. The summed E-state index contributed by atoms with van der Waals surface area (Å²) in [7, 11) is 0. The third-order valence-electron chi connectivity index (χ3n) is 8.61. The lowest BCUT2D eigenvalue weighted by Gasteiger charge is -2.19. The van der Waals surface area contributed by atoms with Gasteiger partial charge in [-0.3, -0.25) is 0 Å². The van der Waals surface area contributed by atoms with Gasteiger partial charge in [-0.25, -0.2) is 0 Å².